The van der Waals surface area contributed by atoms with Gasteiger partial charge in [0.25, 0.3) is 5.91 Å². The predicted octanol–water partition coefficient (Wildman–Crippen LogP) is 2.06. The van der Waals surface area contributed by atoms with Crippen molar-refractivity contribution in [3.63, 3.8) is 0 Å². The van der Waals surface area contributed by atoms with Crippen molar-refractivity contribution < 1.29 is 9.90 Å². The zero-order valence-electron chi connectivity index (χ0n) is 11.4. The van der Waals surface area contributed by atoms with E-state index in [1.165, 1.54) is 4.90 Å². The lowest BCUT2D eigenvalue weighted by atomic mass is 10.1. The van der Waals surface area contributed by atoms with E-state index >= 15 is 0 Å². The summed E-state index contributed by atoms with van der Waals surface area (Å²) in [6.45, 7) is 1.56. The SMILES string of the molecule is CC(CC#N)N(C)C(=O)c1ccc(C#CCO)c(Cl)c1. The first-order valence-electron chi connectivity index (χ1n) is 6.04. The Balaban J connectivity index is 2.96. The van der Waals surface area contributed by atoms with Crippen molar-refractivity contribution in [1.82, 2.24) is 4.90 Å². The largest absolute Gasteiger partial charge is 0.384 e. The first-order valence-corrected chi connectivity index (χ1v) is 6.42. The zero-order chi connectivity index (χ0) is 15.1. The van der Waals surface area contributed by atoms with Crippen LogP contribution in [0.1, 0.15) is 29.3 Å². The molecule has 1 rings (SSSR count). The standard InChI is InChI=1S/C15H15ClN2O2/c1-11(7-8-17)18(2)15(20)13-6-5-12(4-3-9-19)14(16)10-13/h5-6,10-11,19H,7,9H2,1-2H3. The number of rotatable bonds is 3. The zero-order valence-corrected chi connectivity index (χ0v) is 12.1. The normalized spacial score (nSPS) is 10.9. The summed E-state index contributed by atoms with van der Waals surface area (Å²) in [6.07, 6.45) is 0.274. The van der Waals surface area contributed by atoms with Crippen LogP contribution in [-0.2, 0) is 0 Å². The van der Waals surface area contributed by atoms with Gasteiger partial charge in [-0.15, -0.1) is 0 Å². The molecule has 1 atom stereocenters. The Bertz CT molecular complexity index is 596. The van der Waals surface area contributed by atoms with Gasteiger partial charge in [-0.1, -0.05) is 23.4 Å². The van der Waals surface area contributed by atoms with Gasteiger partial charge in [-0.05, 0) is 25.1 Å². The highest BCUT2D eigenvalue weighted by Gasteiger charge is 2.17. The van der Waals surface area contributed by atoms with Crippen LogP contribution in [0.5, 0.6) is 0 Å². The third-order valence-electron chi connectivity index (χ3n) is 2.89. The van der Waals surface area contributed by atoms with Crippen molar-refractivity contribution in [3.05, 3.63) is 34.3 Å². The molecule has 4 nitrogen and oxygen atoms in total. The van der Waals surface area contributed by atoms with Crippen molar-refractivity contribution in [2.45, 2.75) is 19.4 Å². The maximum Gasteiger partial charge on any atom is 0.253 e. The van der Waals surface area contributed by atoms with Crippen molar-refractivity contribution in [3.8, 4) is 17.9 Å². The Hall–Kier alpha value is -2.01. The predicted molar refractivity (Wildman–Crippen MR) is 77.2 cm³/mol. The molecule has 0 saturated carbocycles. The number of carbonyl (C=O) groups excluding carboxylic acids is 1. The number of aliphatic hydroxyl groups excluding tert-OH is 1. The molecule has 0 aliphatic rings. The van der Waals surface area contributed by atoms with Crippen LogP contribution in [-0.4, -0.2) is 35.6 Å². The molecular formula is C15H15ClN2O2. The Labute approximate surface area is 123 Å². The van der Waals surface area contributed by atoms with Crippen molar-refractivity contribution in [1.29, 1.82) is 5.26 Å². The first-order chi connectivity index (χ1) is 9.51. The average molecular weight is 291 g/mol. The van der Waals surface area contributed by atoms with Gasteiger partial charge in [0, 0.05) is 24.2 Å². The fourth-order valence-electron chi connectivity index (χ4n) is 1.56. The van der Waals surface area contributed by atoms with E-state index < -0.39 is 0 Å². The molecule has 0 fully saturated rings. The van der Waals surface area contributed by atoms with Crippen LogP contribution >= 0.6 is 11.6 Å². The fourth-order valence-corrected chi connectivity index (χ4v) is 1.78. The number of benzene rings is 1. The molecule has 1 unspecified atom stereocenters. The van der Waals surface area contributed by atoms with Gasteiger partial charge in [0.2, 0.25) is 0 Å². The van der Waals surface area contributed by atoms with Crippen LogP contribution in [0.4, 0.5) is 0 Å². The summed E-state index contributed by atoms with van der Waals surface area (Å²) in [5.74, 6) is 5.00. The van der Waals surface area contributed by atoms with Crippen LogP contribution in [0.2, 0.25) is 5.02 Å². The second kappa shape index (κ2) is 7.55. The molecule has 1 amide bonds. The monoisotopic (exact) mass is 290 g/mol. The number of nitrogens with zero attached hydrogens (tertiary/aromatic N) is 2. The summed E-state index contributed by atoms with van der Waals surface area (Å²) in [4.78, 5) is 13.7. The Morgan fingerprint density at radius 2 is 2.25 bits per heavy atom. The molecule has 0 heterocycles. The van der Waals surface area contributed by atoms with Crippen LogP contribution in [0.25, 0.3) is 0 Å². The van der Waals surface area contributed by atoms with E-state index in [0.717, 1.165) is 0 Å². The van der Waals surface area contributed by atoms with Gasteiger partial charge in [0.1, 0.15) is 6.61 Å². The van der Waals surface area contributed by atoms with E-state index in [1.54, 1.807) is 25.2 Å². The molecule has 0 aromatic heterocycles. The molecule has 1 aromatic rings. The number of hydrogen-bond acceptors (Lipinski definition) is 3. The summed E-state index contributed by atoms with van der Waals surface area (Å²) in [5, 5.41) is 17.7. The molecule has 1 aromatic carbocycles. The molecule has 1 N–H and O–H groups in total. The van der Waals surface area contributed by atoms with Gasteiger partial charge in [-0.2, -0.15) is 5.26 Å². The highest BCUT2D eigenvalue weighted by molar-refractivity contribution is 6.32. The smallest absolute Gasteiger partial charge is 0.253 e. The molecular weight excluding hydrogens is 276 g/mol. The first kappa shape index (κ1) is 16.0. The Kier molecular flexibility index (Phi) is 6.06. The molecule has 5 heteroatoms. The van der Waals surface area contributed by atoms with Crippen LogP contribution in [0.3, 0.4) is 0 Å². The van der Waals surface area contributed by atoms with E-state index in [9.17, 15) is 4.79 Å². The molecule has 20 heavy (non-hydrogen) atoms. The highest BCUT2D eigenvalue weighted by atomic mass is 35.5. The minimum Gasteiger partial charge on any atom is -0.384 e. The van der Waals surface area contributed by atoms with E-state index in [-0.39, 0.29) is 25.0 Å². The molecule has 104 valence electrons. The molecule has 0 radical (unpaired) electrons. The van der Waals surface area contributed by atoms with E-state index in [1.807, 2.05) is 13.0 Å². The lowest BCUT2D eigenvalue weighted by Crippen LogP contribution is -2.34. The van der Waals surface area contributed by atoms with E-state index in [2.05, 4.69) is 11.8 Å². The van der Waals surface area contributed by atoms with Crippen LogP contribution in [0.15, 0.2) is 18.2 Å². The number of aliphatic hydroxyl groups is 1. The minimum absolute atomic E-state index is 0.167. The maximum atomic E-state index is 12.2. The quantitative estimate of drug-likeness (QED) is 0.867. The number of halogens is 1. The summed E-state index contributed by atoms with van der Waals surface area (Å²) >= 11 is 6.05. The van der Waals surface area contributed by atoms with Gasteiger partial charge >= 0.3 is 0 Å². The van der Waals surface area contributed by atoms with Crippen molar-refractivity contribution in [2.24, 2.45) is 0 Å². The Morgan fingerprint density at radius 3 is 2.80 bits per heavy atom. The summed E-state index contributed by atoms with van der Waals surface area (Å²) in [6, 6.07) is 6.68. The minimum atomic E-state index is -0.245. The number of amides is 1. The van der Waals surface area contributed by atoms with E-state index in [4.69, 9.17) is 22.0 Å². The van der Waals surface area contributed by atoms with Gasteiger partial charge in [0.05, 0.1) is 17.5 Å². The number of nitriles is 1. The number of carbonyl (C=O) groups is 1. The highest BCUT2D eigenvalue weighted by Crippen LogP contribution is 2.18. The fraction of sp³-hybridized carbons (Fsp3) is 0.333. The number of hydrogen-bond donors (Lipinski definition) is 1. The third-order valence-corrected chi connectivity index (χ3v) is 3.20. The van der Waals surface area contributed by atoms with Crippen molar-refractivity contribution >= 4 is 17.5 Å². The second-order valence-corrected chi connectivity index (χ2v) is 4.69. The van der Waals surface area contributed by atoms with Gasteiger partial charge in [0.15, 0.2) is 0 Å². The van der Waals surface area contributed by atoms with Gasteiger partial charge < -0.3 is 10.0 Å². The lowest BCUT2D eigenvalue weighted by molar-refractivity contribution is 0.0746. The van der Waals surface area contributed by atoms with E-state index in [0.29, 0.717) is 16.1 Å². The average Bonchev–Trinajstić information content (AvgIpc) is 2.44. The van der Waals surface area contributed by atoms with Crippen molar-refractivity contribution in [2.75, 3.05) is 13.7 Å². The molecule has 0 spiro atoms. The second-order valence-electron chi connectivity index (χ2n) is 4.28. The van der Waals surface area contributed by atoms with Gasteiger partial charge in [-0.3, -0.25) is 4.79 Å². The Morgan fingerprint density at radius 1 is 1.55 bits per heavy atom. The molecule has 0 bridgehead atoms. The maximum absolute atomic E-state index is 12.2. The third kappa shape index (κ3) is 3.99. The van der Waals surface area contributed by atoms with Gasteiger partial charge in [-0.25, -0.2) is 0 Å². The molecule has 0 saturated heterocycles. The summed E-state index contributed by atoms with van der Waals surface area (Å²) in [5.41, 5.74) is 1.00. The molecule has 0 aliphatic carbocycles. The topological polar surface area (TPSA) is 64.3 Å². The van der Waals surface area contributed by atoms with Crippen LogP contribution in [0, 0.1) is 23.2 Å². The lowest BCUT2D eigenvalue weighted by Gasteiger charge is -2.23. The summed E-state index contributed by atoms with van der Waals surface area (Å²) in [7, 11) is 1.65. The molecule has 0 aliphatic heterocycles. The summed E-state index contributed by atoms with van der Waals surface area (Å²) < 4.78 is 0. The van der Waals surface area contributed by atoms with Crippen LogP contribution < -0.4 is 0 Å².